The summed E-state index contributed by atoms with van der Waals surface area (Å²) in [7, 11) is 0. The van der Waals surface area contributed by atoms with Gasteiger partial charge in [0.25, 0.3) is 0 Å². The summed E-state index contributed by atoms with van der Waals surface area (Å²) in [6.07, 6.45) is 0.833. The zero-order chi connectivity index (χ0) is 11.5. The van der Waals surface area contributed by atoms with Crippen LogP contribution in [0.1, 0.15) is 18.3 Å². The number of nitrogens with zero attached hydrogens (tertiary/aromatic N) is 3. The van der Waals surface area contributed by atoms with Gasteiger partial charge in [0.1, 0.15) is 17.5 Å². The molecule has 88 valence electrons. The molecule has 4 nitrogen and oxygen atoms in total. The van der Waals surface area contributed by atoms with Crippen LogP contribution in [0, 0.1) is 6.92 Å². The Morgan fingerprint density at radius 3 is 2.62 bits per heavy atom. The third-order valence-electron chi connectivity index (χ3n) is 2.83. The molecule has 2 N–H and O–H groups in total. The van der Waals surface area contributed by atoms with E-state index in [2.05, 4.69) is 21.8 Å². The van der Waals surface area contributed by atoms with Crippen LogP contribution < -0.4 is 10.6 Å². The molecule has 0 spiro atoms. The first-order chi connectivity index (χ1) is 7.72. The van der Waals surface area contributed by atoms with Gasteiger partial charge < -0.3 is 10.6 Å². The summed E-state index contributed by atoms with van der Waals surface area (Å²) >= 11 is 2.00. The second-order valence-electron chi connectivity index (χ2n) is 3.93. The van der Waals surface area contributed by atoms with E-state index in [9.17, 15) is 0 Å². The van der Waals surface area contributed by atoms with Crippen molar-refractivity contribution in [3.8, 4) is 0 Å². The van der Waals surface area contributed by atoms with E-state index in [4.69, 9.17) is 5.73 Å². The van der Waals surface area contributed by atoms with E-state index in [-0.39, 0.29) is 0 Å². The average Bonchev–Trinajstić information content (AvgIpc) is 2.33. The summed E-state index contributed by atoms with van der Waals surface area (Å²) in [4.78, 5) is 11.2. The lowest BCUT2D eigenvalue weighted by atomic mass is 10.2. The third-order valence-corrected chi connectivity index (χ3v) is 3.77. The molecule has 0 saturated carbocycles. The second kappa shape index (κ2) is 4.91. The molecule has 0 atom stereocenters. The molecule has 2 rings (SSSR count). The van der Waals surface area contributed by atoms with Gasteiger partial charge in [0, 0.05) is 36.6 Å². The molecule has 1 aromatic heterocycles. The largest absolute Gasteiger partial charge is 0.383 e. The maximum atomic E-state index is 5.92. The van der Waals surface area contributed by atoms with Crippen LogP contribution in [-0.4, -0.2) is 34.6 Å². The smallest absolute Gasteiger partial charge is 0.137 e. The normalized spacial score (nSPS) is 16.5. The number of thioether (sulfide) groups is 1. The van der Waals surface area contributed by atoms with Crippen LogP contribution in [0.3, 0.4) is 0 Å². The Morgan fingerprint density at radius 2 is 2.00 bits per heavy atom. The highest BCUT2D eigenvalue weighted by Crippen LogP contribution is 2.24. The van der Waals surface area contributed by atoms with Crippen LogP contribution in [-0.2, 0) is 6.42 Å². The van der Waals surface area contributed by atoms with Crippen molar-refractivity contribution < 1.29 is 0 Å². The number of aromatic nitrogens is 2. The van der Waals surface area contributed by atoms with Gasteiger partial charge in [0.05, 0.1) is 0 Å². The van der Waals surface area contributed by atoms with E-state index in [0.717, 1.165) is 36.7 Å². The predicted octanol–water partition coefficient (Wildman–Crippen LogP) is 1.48. The van der Waals surface area contributed by atoms with Crippen molar-refractivity contribution in [1.29, 1.82) is 0 Å². The first-order valence-corrected chi connectivity index (χ1v) is 6.83. The van der Waals surface area contributed by atoms with Crippen LogP contribution in [0.2, 0.25) is 0 Å². The average molecular weight is 238 g/mol. The number of nitrogen functional groups attached to an aromatic ring is 1. The minimum absolute atomic E-state index is 0.625. The zero-order valence-corrected chi connectivity index (χ0v) is 10.7. The van der Waals surface area contributed by atoms with Gasteiger partial charge >= 0.3 is 0 Å². The monoisotopic (exact) mass is 238 g/mol. The van der Waals surface area contributed by atoms with Crippen molar-refractivity contribution in [2.75, 3.05) is 35.2 Å². The fourth-order valence-corrected chi connectivity index (χ4v) is 2.71. The molecule has 1 aliphatic heterocycles. The fourth-order valence-electron chi connectivity index (χ4n) is 1.81. The van der Waals surface area contributed by atoms with Crippen molar-refractivity contribution in [1.82, 2.24) is 9.97 Å². The van der Waals surface area contributed by atoms with E-state index in [0.29, 0.717) is 5.82 Å². The molecule has 0 aliphatic carbocycles. The van der Waals surface area contributed by atoms with Gasteiger partial charge in [-0.1, -0.05) is 6.92 Å². The third kappa shape index (κ3) is 2.24. The Morgan fingerprint density at radius 1 is 1.31 bits per heavy atom. The SMILES string of the molecule is CCc1nc(N)c(C)c(N2CCSCC2)n1. The summed E-state index contributed by atoms with van der Waals surface area (Å²) < 4.78 is 0. The molecule has 0 amide bonds. The summed E-state index contributed by atoms with van der Waals surface area (Å²) in [6.45, 7) is 6.18. The van der Waals surface area contributed by atoms with Crippen LogP contribution >= 0.6 is 11.8 Å². The molecule has 1 aliphatic rings. The van der Waals surface area contributed by atoms with Gasteiger partial charge in [-0.2, -0.15) is 11.8 Å². The number of anilines is 2. The highest BCUT2D eigenvalue weighted by Gasteiger charge is 2.17. The molecule has 1 fully saturated rings. The Kier molecular flexibility index (Phi) is 3.53. The molecule has 0 radical (unpaired) electrons. The molecule has 1 aromatic rings. The van der Waals surface area contributed by atoms with Crippen LogP contribution in [0.5, 0.6) is 0 Å². The predicted molar refractivity (Wildman–Crippen MR) is 70.1 cm³/mol. The molecule has 0 unspecified atom stereocenters. The van der Waals surface area contributed by atoms with Gasteiger partial charge in [-0.05, 0) is 6.92 Å². The van der Waals surface area contributed by atoms with Crippen molar-refractivity contribution in [3.05, 3.63) is 11.4 Å². The molecular formula is C11H18N4S. The van der Waals surface area contributed by atoms with Crippen LogP contribution in [0.25, 0.3) is 0 Å². The summed E-state index contributed by atoms with van der Waals surface area (Å²) in [5, 5.41) is 0. The van der Waals surface area contributed by atoms with E-state index in [1.807, 2.05) is 18.7 Å². The van der Waals surface area contributed by atoms with E-state index < -0.39 is 0 Å². The van der Waals surface area contributed by atoms with Crippen molar-refractivity contribution in [3.63, 3.8) is 0 Å². The highest BCUT2D eigenvalue weighted by molar-refractivity contribution is 7.99. The number of hydrogen-bond acceptors (Lipinski definition) is 5. The number of hydrogen-bond donors (Lipinski definition) is 1. The molecule has 1 saturated heterocycles. The van der Waals surface area contributed by atoms with Crippen LogP contribution in [0.4, 0.5) is 11.6 Å². The van der Waals surface area contributed by atoms with E-state index in [1.54, 1.807) is 0 Å². The van der Waals surface area contributed by atoms with Crippen molar-refractivity contribution in [2.24, 2.45) is 0 Å². The van der Waals surface area contributed by atoms with E-state index in [1.165, 1.54) is 11.5 Å². The maximum absolute atomic E-state index is 5.92. The lowest BCUT2D eigenvalue weighted by Crippen LogP contribution is -2.34. The van der Waals surface area contributed by atoms with Gasteiger partial charge in [0.15, 0.2) is 0 Å². The Labute approximate surface area is 101 Å². The van der Waals surface area contributed by atoms with Crippen molar-refractivity contribution in [2.45, 2.75) is 20.3 Å². The van der Waals surface area contributed by atoms with Gasteiger partial charge in [-0.3, -0.25) is 0 Å². The lowest BCUT2D eigenvalue weighted by Gasteiger charge is -2.29. The second-order valence-corrected chi connectivity index (χ2v) is 5.15. The molecular weight excluding hydrogens is 220 g/mol. The lowest BCUT2D eigenvalue weighted by molar-refractivity contribution is 0.812. The Bertz CT molecular complexity index is 374. The van der Waals surface area contributed by atoms with Gasteiger partial charge in [-0.25, -0.2) is 9.97 Å². The molecule has 16 heavy (non-hydrogen) atoms. The standard InChI is InChI=1S/C11H18N4S/c1-3-9-13-10(12)8(2)11(14-9)15-4-6-16-7-5-15/h3-7H2,1-2H3,(H2,12,13,14). The maximum Gasteiger partial charge on any atom is 0.137 e. The topological polar surface area (TPSA) is 55.0 Å². The molecule has 0 bridgehead atoms. The quantitative estimate of drug-likeness (QED) is 0.846. The zero-order valence-electron chi connectivity index (χ0n) is 9.86. The van der Waals surface area contributed by atoms with Gasteiger partial charge in [0.2, 0.25) is 0 Å². The Balaban J connectivity index is 2.33. The molecule has 5 heteroatoms. The first kappa shape index (κ1) is 11.5. The first-order valence-electron chi connectivity index (χ1n) is 5.68. The highest BCUT2D eigenvalue weighted by atomic mass is 32.2. The molecule has 2 heterocycles. The van der Waals surface area contributed by atoms with E-state index >= 15 is 0 Å². The number of aryl methyl sites for hydroxylation is 1. The van der Waals surface area contributed by atoms with Crippen LogP contribution in [0.15, 0.2) is 0 Å². The minimum Gasteiger partial charge on any atom is -0.383 e. The minimum atomic E-state index is 0.625. The van der Waals surface area contributed by atoms with Gasteiger partial charge in [-0.15, -0.1) is 0 Å². The molecule has 0 aromatic carbocycles. The summed E-state index contributed by atoms with van der Waals surface area (Å²) in [5.41, 5.74) is 6.94. The fraction of sp³-hybridized carbons (Fsp3) is 0.636. The summed E-state index contributed by atoms with van der Waals surface area (Å²) in [6, 6.07) is 0. The summed E-state index contributed by atoms with van der Waals surface area (Å²) in [5.74, 6) is 4.84. The number of nitrogens with two attached hydrogens (primary N) is 1. The Hall–Kier alpha value is -0.970. The van der Waals surface area contributed by atoms with Crippen molar-refractivity contribution >= 4 is 23.4 Å². The number of rotatable bonds is 2.